The summed E-state index contributed by atoms with van der Waals surface area (Å²) in [6, 6.07) is 6.65. The molecule has 0 fully saturated rings. The lowest BCUT2D eigenvalue weighted by molar-refractivity contribution is -0.265. The maximum atomic E-state index is 14.6. The van der Waals surface area contributed by atoms with Crippen molar-refractivity contribution < 1.29 is 46.1 Å². The highest BCUT2D eigenvalue weighted by Crippen LogP contribution is 2.47. The number of primary amides is 1. The van der Waals surface area contributed by atoms with Gasteiger partial charge in [0.05, 0.1) is 30.6 Å². The van der Waals surface area contributed by atoms with E-state index in [4.69, 9.17) is 15.2 Å². The molecule has 1 aliphatic heterocycles. The van der Waals surface area contributed by atoms with Gasteiger partial charge in [-0.15, -0.1) is 0 Å². The lowest BCUT2D eigenvalue weighted by Crippen LogP contribution is -2.51. The van der Waals surface area contributed by atoms with E-state index in [1.54, 1.807) is 0 Å². The number of methoxy groups -OCH3 is 1. The molecule has 0 radical (unpaired) electrons. The predicted molar refractivity (Wildman–Crippen MR) is 141 cm³/mol. The van der Waals surface area contributed by atoms with E-state index < -0.39 is 53.7 Å². The van der Waals surface area contributed by atoms with Gasteiger partial charge in [0.2, 0.25) is 11.5 Å². The number of halogens is 5. The Balaban J connectivity index is 1.58. The van der Waals surface area contributed by atoms with Crippen molar-refractivity contribution in [2.75, 3.05) is 20.3 Å². The second kappa shape index (κ2) is 10.5. The van der Waals surface area contributed by atoms with Crippen molar-refractivity contribution in [2.24, 2.45) is 5.73 Å². The molecule has 0 saturated heterocycles. The minimum absolute atomic E-state index is 0.0360. The minimum Gasteiger partial charge on any atom is -0.493 e. The van der Waals surface area contributed by atoms with Crippen molar-refractivity contribution in [3.63, 3.8) is 0 Å². The summed E-state index contributed by atoms with van der Waals surface area (Å²) in [7, 11) is 1.27. The summed E-state index contributed by atoms with van der Waals surface area (Å²) in [5, 5.41) is 13.3. The standard InChI is InChI=1S/C28H24F5N5O5/c1-26(25(34)40)13-43-22-18(26)8-20(37-21(22)14-3-5-16(30)6-4-14)27(41,28(31,32)33)12-35-24(39)15-7-19(42-2)23-36-17(9-29)11-38(23)10-15/h3-8,10-11,41H,9,12-13H2,1-2H3,(H2,34,40)(H,35,39)/t26-,27?/m0/s1. The number of amides is 2. The van der Waals surface area contributed by atoms with Crippen LogP contribution in [0.2, 0.25) is 0 Å². The molecule has 4 N–H and O–H groups in total. The molecule has 4 aromatic rings. The highest BCUT2D eigenvalue weighted by molar-refractivity contribution is 5.95. The van der Waals surface area contributed by atoms with Gasteiger partial charge in [0.15, 0.2) is 11.4 Å². The van der Waals surface area contributed by atoms with Gasteiger partial charge in [0.25, 0.3) is 5.91 Å². The van der Waals surface area contributed by atoms with Crippen molar-refractivity contribution in [2.45, 2.75) is 30.8 Å². The molecule has 1 aromatic carbocycles. The van der Waals surface area contributed by atoms with Gasteiger partial charge in [-0.3, -0.25) is 9.59 Å². The summed E-state index contributed by atoms with van der Waals surface area (Å²) in [5.41, 5.74) is -0.878. The zero-order chi connectivity index (χ0) is 31.3. The first kappa shape index (κ1) is 29.7. The van der Waals surface area contributed by atoms with Crippen molar-refractivity contribution in [1.82, 2.24) is 19.7 Å². The first-order valence-corrected chi connectivity index (χ1v) is 12.7. The lowest BCUT2D eigenvalue weighted by atomic mass is 9.81. The van der Waals surface area contributed by atoms with E-state index in [2.05, 4.69) is 15.3 Å². The third-order valence-corrected chi connectivity index (χ3v) is 7.32. The number of imidazole rings is 1. The van der Waals surface area contributed by atoms with Crippen LogP contribution in [0.15, 0.2) is 48.8 Å². The van der Waals surface area contributed by atoms with Gasteiger partial charge >= 0.3 is 6.18 Å². The molecule has 3 aromatic heterocycles. The summed E-state index contributed by atoms with van der Waals surface area (Å²) in [6.07, 6.45) is -2.90. The Kier molecular flexibility index (Phi) is 7.24. The number of benzene rings is 1. The molecular weight excluding hydrogens is 581 g/mol. The Labute approximate surface area is 240 Å². The average Bonchev–Trinajstić information content (AvgIpc) is 3.56. The molecule has 5 rings (SSSR count). The number of nitrogens with two attached hydrogens (primary N) is 1. The van der Waals surface area contributed by atoms with Gasteiger partial charge in [0, 0.05) is 23.5 Å². The highest BCUT2D eigenvalue weighted by Gasteiger charge is 2.57. The van der Waals surface area contributed by atoms with Crippen LogP contribution in [0.3, 0.4) is 0 Å². The zero-order valence-electron chi connectivity index (χ0n) is 22.6. The fourth-order valence-electron chi connectivity index (χ4n) is 4.71. The third-order valence-electron chi connectivity index (χ3n) is 7.32. The molecule has 0 saturated carbocycles. The van der Waals surface area contributed by atoms with Crippen molar-refractivity contribution in [3.05, 3.63) is 77.1 Å². The van der Waals surface area contributed by atoms with E-state index in [9.17, 15) is 36.6 Å². The third kappa shape index (κ3) is 4.98. The van der Waals surface area contributed by atoms with Crippen LogP contribution >= 0.6 is 0 Å². The van der Waals surface area contributed by atoms with E-state index in [-0.39, 0.29) is 51.8 Å². The van der Waals surface area contributed by atoms with Crippen molar-refractivity contribution in [1.29, 1.82) is 0 Å². The van der Waals surface area contributed by atoms with Crippen LogP contribution in [0.1, 0.15) is 34.2 Å². The maximum absolute atomic E-state index is 14.6. The van der Waals surface area contributed by atoms with Gasteiger partial charge < -0.3 is 30.0 Å². The van der Waals surface area contributed by atoms with Crippen molar-refractivity contribution in [3.8, 4) is 22.8 Å². The number of ether oxygens (including phenoxy) is 2. The summed E-state index contributed by atoms with van der Waals surface area (Å²) >= 11 is 0. The fourth-order valence-corrected chi connectivity index (χ4v) is 4.71. The number of nitrogens with zero attached hydrogens (tertiary/aromatic N) is 3. The summed E-state index contributed by atoms with van der Waals surface area (Å²) < 4.78 is 82.7. The molecule has 0 bridgehead atoms. The first-order valence-electron chi connectivity index (χ1n) is 12.7. The smallest absolute Gasteiger partial charge is 0.424 e. The van der Waals surface area contributed by atoms with Crippen LogP contribution in [0, 0.1) is 5.82 Å². The van der Waals surface area contributed by atoms with Gasteiger partial charge in [0.1, 0.15) is 36.0 Å². The van der Waals surface area contributed by atoms with Crippen LogP contribution in [0.4, 0.5) is 22.0 Å². The zero-order valence-corrected chi connectivity index (χ0v) is 22.6. The van der Waals surface area contributed by atoms with Crippen LogP contribution in [0.25, 0.3) is 16.9 Å². The molecule has 15 heteroatoms. The molecule has 226 valence electrons. The number of aromatic nitrogens is 3. The normalized spacial score (nSPS) is 17.7. The number of aliphatic hydroxyl groups is 1. The Bertz CT molecular complexity index is 1740. The number of carbonyl (C=O) groups is 2. The number of rotatable bonds is 8. The molecule has 4 heterocycles. The summed E-state index contributed by atoms with van der Waals surface area (Å²) in [6.45, 7) is -1.26. The van der Waals surface area contributed by atoms with Crippen LogP contribution in [-0.4, -0.2) is 57.7 Å². The van der Waals surface area contributed by atoms with Gasteiger partial charge in [-0.25, -0.2) is 18.7 Å². The average molecular weight is 606 g/mol. The van der Waals surface area contributed by atoms with E-state index in [0.717, 1.165) is 18.2 Å². The highest BCUT2D eigenvalue weighted by atomic mass is 19.4. The number of carbonyl (C=O) groups excluding carboxylic acids is 2. The molecule has 1 aliphatic rings. The van der Waals surface area contributed by atoms with Gasteiger partial charge in [-0.1, -0.05) is 0 Å². The van der Waals surface area contributed by atoms with Gasteiger partial charge in [-0.2, -0.15) is 13.2 Å². The molecule has 43 heavy (non-hydrogen) atoms. The van der Waals surface area contributed by atoms with Crippen molar-refractivity contribution >= 4 is 17.5 Å². The Morgan fingerprint density at radius 2 is 1.88 bits per heavy atom. The summed E-state index contributed by atoms with van der Waals surface area (Å²) in [4.78, 5) is 33.5. The summed E-state index contributed by atoms with van der Waals surface area (Å²) in [5.74, 6) is -2.58. The molecule has 2 atom stereocenters. The molecular formula is C28H24F5N5O5. The number of hydrogen-bond acceptors (Lipinski definition) is 7. The van der Waals surface area contributed by atoms with E-state index >= 15 is 0 Å². The molecule has 0 spiro atoms. The fraction of sp³-hybridized carbons (Fsp3) is 0.286. The Morgan fingerprint density at radius 1 is 1.19 bits per heavy atom. The Hall–Kier alpha value is -4.79. The largest absolute Gasteiger partial charge is 0.493 e. The maximum Gasteiger partial charge on any atom is 0.424 e. The topological polar surface area (TPSA) is 141 Å². The SMILES string of the molecule is COc1cc(C(=O)NCC(O)(c2cc3c(c(-c4ccc(F)cc4)n2)OC[C@]3(C)C(N)=O)C(F)(F)F)cn2cc(CF)nc12. The monoisotopic (exact) mass is 605 g/mol. The second-order valence-electron chi connectivity index (χ2n) is 10.2. The lowest BCUT2D eigenvalue weighted by Gasteiger charge is -2.31. The van der Waals surface area contributed by atoms with Crippen LogP contribution < -0.4 is 20.5 Å². The molecule has 10 nitrogen and oxygen atoms in total. The van der Waals surface area contributed by atoms with Gasteiger partial charge in [-0.05, 0) is 43.3 Å². The number of hydrogen-bond donors (Lipinski definition) is 3. The van der Waals surface area contributed by atoms with E-state index in [1.807, 2.05) is 0 Å². The minimum atomic E-state index is -5.40. The number of alkyl halides is 4. The number of fused-ring (bicyclic) bond motifs is 2. The molecule has 2 amide bonds. The Morgan fingerprint density at radius 3 is 2.49 bits per heavy atom. The molecule has 0 aliphatic carbocycles. The quantitative estimate of drug-likeness (QED) is 0.262. The molecule has 1 unspecified atom stereocenters. The van der Waals surface area contributed by atoms with E-state index in [0.29, 0.717) is 0 Å². The van der Waals surface area contributed by atoms with Crippen LogP contribution in [0.5, 0.6) is 11.5 Å². The second-order valence-corrected chi connectivity index (χ2v) is 10.2. The predicted octanol–water partition coefficient (Wildman–Crippen LogP) is 3.33. The number of nitrogens with one attached hydrogen (secondary N) is 1. The number of pyridine rings is 2. The van der Waals surface area contributed by atoms with Crippen LogP contribution in [-0.2, 0) is 22.5 Å². The first-order chi connectivity index (χ1) is 20.2. The van der Waals surface area contributed by atoms with E-state index in [1.165, 1.54) is 49.0 Å².